The molecule has 0 unspecified atom stereocenters. The zero-order valence-corrected chi connectivity index (χ0v) is 14.3. The second kappa shape index (κ2) is 5.71. The molecule has 120 valence electrons. The average molecular weight is 333 g/mol. The van der Waals surface area contributed by atoms with Gasteiger partial charge in [-0.05, 0) is 42.5 Å². The first-order valence-corrected chi connectivity index (χ1v) is 9.59. The molecule has 4 heteroatoms. The lowest BCUT2D eigenvalue weighted by Gasteiger charge is -2.25. The number of pyridine rings is 1. The molecule has 0 spiro atoms. The van der Waals surface area contributed by atoms with Gasteiger partial charge in [0.1, 0.15) is 0 Å². The minimum atomic E-state index is 0.557. The summed E-state index contributed by atoms with van der Waals surface area (Å²) in [6.45, 7) is 0. The van der Waals surface area contributed by atoms with Crippen molar-refractivity contribution in [1.82, 2.24) is 14.5 Å². The van der Waals surface area contributed by atoms with E-state index in [0.29, 0.717) is 6.04 Å². The van der Waals surface area contributed by atoms with Crippen LogP contribution in [-0.2, 0) is 0 Å². The van der Waals surface area contributed by atoms with Gasteiger partial charge in [0.15, 0.2) is 5.82 Å². The predicted molar refractivity (Wildman–Crippen MR) is 100 cm³/mol. The first-order chi connectivity index (χ1) is 11.9. The molecule has 0 amide bonds. The summed E-state index contributed by atoms with van der Waals surface area (Å²) in [6.07, 6.45) is 8.38. The smallest absolute Gasteiger partial charge is 0.151 e. The number of hydrogen-bond acceptors (Lipinski definition) is 3. The molecule has 1 aliphatic carbocycles. The van der Waals surface area contributed by atoms with Crippen molar-refractivity contribution in [3.8, 4) is 10.7 Å². The summed E-state index contributed by atoms with van der Waals surface area (Å²) in [6, 6.07) is 13.4. The Kier molecular flexibility index (Phi) is 3.37. The predicted octanol–water partition coefficient (Wildman–Crippen LogP) is 5.82. The monoisotopic (exact) mass is 333 g/mol. The molecule has 3 heterocycles. The zero-order valence-electron chi connectivity index (χ0n) is 13.5. The number of aromatic nitrogens is 3. The molecular weight excluding hydrogens is 314 g/mol. The summed E-state index contributed by atoms with van der Waals surface area (Å²) in [5, 5.41) is 3.30. The van der Waals surface area contributed by atoms with Crippen molar-refractivity contribution in [3.05, 3.63) is 48.0 Å². The Labute approximate surface area is 145 Å². The van der Waals surface area contributed by atoms with Crippen LogP contribution in [0.3, 0.4) is 0 Å². The molecule has 5 rings (SSSR count). The lowest BCUT2D eigenvalue weighted by atomic mass is 9.95. The normalized spacial score (nSPS) is 16.2. The van der Waals surface area contributed by atoms with Gasteiger partial charge in [-0.25, -0.2) is 4.98 Å². The topological polar surface area (TPSA) is 30.7 Å². The third-order valence-corrected chi connectivity index (χ3v) is 5.96. The number of imidazole rings is 1. The van der Waals surface area contributed by atoms with Gasteiger partial charge in [0.25, 0.3) is 0 Å². The van der Waals surface area contributed by atoms with E-state index >= 15 is 0 Å². The lowest BCUT2D eigenvalue weighted by molar-refractivity contribution is 0.362. The summed E-state index contributed by atoms with van der Waals surface area (Å²) >= 11 is 1.77. The van der Waals surface area contributed by atoms with Crippen LogP contribution in [0.5, 0.6) is 0 Å². The molecule has 0 atom stereocenters. The summed E-state index contributed by atoms with van der Waals surface area (Å²) in [7, 11) is 0. The van der Waals surface area contributed by atoms with E-state index in [9.17, 15) is 0 Å². The number of benzene rings is 1. The van der Waals surface area contributed by atoms with Gasteiger partial charge in [-0.2, -0.15) is 0 Å². The van der Waals surface area contributed by atoms with E-state index in [2.05, 4.69) is 45.3 Å². The van der Waals surface area contributed by atoms with Crippen LogP contribution in [0.2, 0.25) is 0 Å². The Balaban J connectivity index is 1.80. The van der Waals surface area contributed by atoms with E-state index in [1.54, 1.807) is 11.3 Å². The molecule has 0 N–H and O–H groups in total. The fourth-order valence-corrected chi connectivity index (χ4v) is 4.66. The largest absolute Gasteiger partial charge is 0.320 e. The Bertz CT molecular complexity index is 995. The fourth-order valence-electron chi connectivity index (χ4n) is 3.95. The van der Waals surface area contributed by atoms with Crippen molar-refractivity contribution in [1.29, 1.82) is 0 Å². The van der Waals surface area contributed by atoms with Crippen LogP contribution < -0.4 is 0 Å². The number of hydrogen-bond donors (Lipinski definition) is 0. The molecule has 1 aliphatic rings. The van der Waals surface area contributed by atoms with Gasteiger partial charge in [-0.15, -0.1) is 11.3 Å². The van der Waals surface area contributed by atoms with Gasteiger partial charge >= 0.3 is 0 Å². The van der Waals surface area contributed by atoms with E-state index in [0.717, 1.165) is 22.2 Å². The highest BCUT2D eigenvalue weighted by Crippen LogP contribution is 2.37. The fraction of sp³-hybridized carbons (Fsp3) is 0.300. The standard InChI is InChI=1S/C20H19N3S/c1-2-7-15(8-3-1)23-18-13-16-14(6-4-10-21-16)12-17(18)22-20(23)19-9-5-11-24-19/h4-6,9-13,15H,1-3,7-8H2. The van der Waals surface area contributed by atoms with E-state index in [4.69, 9.17) is 4.98 Å². The van der Waals surface area contributed by atoms with Gasteiger partial charge in [0.2, 0.25) is 0 Å². The van der Waals surface area contributed by atoms with Crippen molar-refractivity contribution in [3.63, 3.8) is 0 Å². The first-order valence-electron chi connectivity index (χ1n) is 8.71. The molecule has 1 saturated carbocycles. The quantitative estimate of drug-likeness (QED) is 0.463. The highest BCUT2D eigenvalue weighted by molar-refractivity contribution is 7.13. The van der Waals surface area contributed by atoms with Crippen molar-refractivity contribution in [2.75, 3.05) is 0 Å². The lowest BCUT2D eigenvalue weighted by Crippen LogP contribution is -2.13. The summed E-state index contributed by atoms with van der Waals surface area (Å²) < 4.78 is 2.49. The van der Waals surface area contributed by atoms with Gasteiger partial charge in [-0.3, -0.25) is 4.98 Å². The Hall–Kier alpha value is -2.20. The van der Waals surface area contributed by atoms with Crippen molar-refractivity contribution < 1.29 is 0 Å². The highest BCUT2D eigenvalue weighted by atomic mass is 32.1. The zero-order chi connectivity index (χ0) is 15.9. The maximum atomic E-state index is 5.03. The second-order valence-corrected chi connectivity index (χ2v) is 7.56. The summed E-state index contributed by atoms with van der Waals surface area (Å²) in [4.78, 5) is 10.8. The molecule has 0 saturated heterocycles. The van der Waals surface area contributed by atoms with Crippen LogP contribution in [0.4, 0.5) is 0 Å². The number of fused-ring (bicyclic) bond motifs is 2. The molecular formula is C20H19N3S. The molecule has 1 aromatic carbocycles. The SMILES string of the molecule is c1csc(-c2nc3cc4cccnc4cc3n2C2CCCCC2)c1. The molecule has 0 bridgehead atoms. The highest BCUT2D eigenvalue weighted by Gasteiger charge is 2.23. The summed E-state index contributed by atoms with van der Waals surface area (Å²) in [5.41, 5.74) is 3.38. The minimum absolute atomic E-state index is 0.557. The molecule has 0 radical (unpaired) electrons. The van der Waals surface area contributed by atoms with Crippen LogP contribution in [0.25, 0.3) is 32.6 Å². The maximum Gasteiger partial charge on any atom is 0.151 e. The van der Waals surface area contributed by atoms with Crippen molar-refractivity contribution in [2.45, 2.75) is 38.1 Å². The number of thiophene rings is 1. The molecule has 3 aromatic heterocycles. The minimum Gasteiger partial charge on any atom is -0.320 e. The van der Waals surface area contributed by atoms with Crippen LogP contribution in [0.1, 0.15) is 38.1 Å². The third kappa shape index (κ3) is 2.25. The number of nitrogens with zero attached hydrogens (tertiary/aromatic N) is 3. The van der Waals surface area contributed by atoms with Crippen molar-refractivity contribution in [2.24, 2.45) is 0 Å². The Morgan fingerprint density at radius 1 is 1.00 bits per heavy atom. The maximum absolute atomic E-state index is 5.03. The van der Waals surface area contributed by atoms with Gasteiger partial charge < -0.3 is 4.57 Å². The Morgan fingerprint density at radius 3 is 2.75 bits per heavy atom. The van der Waals surface area contributed by atoms with Crippen LogP contribution in [0.15, 0.2) is 48.0 Å². The summed E-state index contributed by atoms with van der Waals surface area (Å²) in [5.74, 6) is 1.13. The van der Waals surface area contributed by atoms with E-state index in [1.165, 1.54) is 42.5 Å². The molecule has 3 nitrogen and oxygen atoms in total. The molecule has 24 heavy (non-hydrogen) atoms. The van der Waals surface area contributed by atoms with Crippen LogP contribution >= 0.6 is 11.3 Å². The third-order valence-electron chi connectivity index (χ3n) is 5.09. The molecule has 1 fully saturated rings. The Morgan fingerprint density at radius 2 is 1.92 bits per heavy atom. The first kappa shape index (κ1) is 14.2. The van der Waals surface area contributed by atoms with E-state index in [-0.39, 0.29) is 0 Å². The van der Waals surface area contributed by atoms with Crippen molar-refractivity contribution >= 4 is 33.3 Å². The molecule has 4 aromatic rings. The number of rotatable bonds is 2. The van der Waals surface area contributed by atoms with Gasteiger partial charge in [-0.1, -0.05) is 31.4 Å². The van der Waals surface area contributed by atoms with Gasteiger partial charge in [0, 0.05) is 17.6 Å². The van der Waals surface area contributed by atoms with Gasteiger partial charge in [0.05, 0.1) is 21.4 Å². The average Bonchev–Trinajstić information content (AvgIpc) is 3.28. The van der Waals surface area contributed by atoms with Crippen LogP contribution in [-0.4, -0.2) is 14.5 Å². The van der Waals surface area contributed by atoms with E-state index < -0.39 is 0 Å². The molecule has 0 aliphatic heterocycles. The van der Waals surface area contributed by atoms with E-state index in [1.807, 2.05) is 12.3 Å². The van der Waals surface area contributed by atoms with Crippen LogP contribution in [0, 0.1) is 0 Å². The second-order valence-electron chi connectivity index (χ2n) is 6.61.